The molecule has 2 rings (SSSR count). The molecule has 70 valence electrons. The normalized spacial score (nSPS) is 12.4. The molecule has 0 saturated heterocycles. The lowest BCUT2D eigenvalue weighted by molar-refractivity contribution is 0.806. The Balaban J connectivity index is 2.30. The Kier molecular flexibility index (Phi) is 2.42. The van der Waals surface area contributed by atoms with Crippen molar-refractivity contribution in [3.63, 3.8) is 0 Å². The van der Waals surface area contributed by atoms with E-state index in [0.29, 0.717) is 0 Å². The van der Waals surface area contributed by atoms with Gasteiger partial charge in [-0.1, -0.05) is 0 Å². The van der Waals surface area contributed by atoms with E-state index in [1.165, 1.54) is 12.7 Å². The van der Waals surface area contributed by atoms with E-state index in [2.05, 4.69) is 19.9 Å². The molecule has 0 aliphatic heterocycles. The van der Waals surface area contributed by atoms with Crippen molar-refractivity contribution in [2.45, 2.75) is 6.04 Å². The summed E-state index contributed by atoms with van der Waals surface area (Å²) in [6.45, 7) is 0. The van der Waals surface area contributed by atoms with E-state index >= 15 is 0 Å². The maximum absolute atomic E-state index is 5.95. The first-order valence-electron chi connectivity index (χ1n) is 4.14. The SMILES string of the molecule is NC(c1cncnc1)c1ccncn1. The first-order chi connectivity index (χ1) is 6.88. The summed E-state index contributed by atoms with van der Waals surface area (Å²) in [6, 6.07) is 1.48. The molecule has 0 aromatic carbocycles. The van der Waals surface area contributed by atoms with Gasteiger partial charge in [0.25, 0.3) is 0 Å². The van der Waals surface area contributed by atoms with Crippen LogP contribution in [0.2, 0.25) is 0 Å². The van der Waals surface area contributed by atoms with E-state index in [0.717, 1.165) is 11.3 Å². The van der Waals surface area contributed by atoms with Crippen LogP contribution in [0, 0.1) is 0 Å². The highest BCUT2D eigenvalue weighted by Gasteiger charge is 2.09. The second kappa shape index (κ2) is 3.89. The Morgan fingerprint density at radius 3 is 2.50 bits per heavy atom. The minimum Gasteiger partial charge on any atom is -0.319 e. The molecule has 1 unspecified atom stereocenters. The summed E-state index contributed by atoms with van der Waals surface area (Å²) in [5.74, 6) is 0. The van der Waals surface area contributed by atoms with E-state index in [1.54, 1.807) is 24.7 Å². The van der Waals surface area contributed by atoms with Gasteiger partial charge in [-0.25, -0.2) is 19.9 Å². The molecule has 2 heterocycles. The lowest BCUT2D eigenvalue weighted by atomic mass is 10.1. The Morgan fingerprint density at radius 1 is 1.07 bits per heavy atom. The third-order valence-corrected chi connectivity index (χ3v) is 1.86. The quantitative estimate of drug-likeness (QED) is 0.732. The molecule has 0 spiro atoms. The van der Waals surface area contributed by atoms with Crippen LogP contribution in [-0.4, -0.2) is 19.9 Å². The molecule has 2 aromatic heterocycles. The first kappa shape index (κ1) is 8.71. The molecule has 0 radical (unpaired) electrons. The van der Waals surface area contributed by atoms with Crippen LogP contribution in [0.1, 0.15) is 17.3 Å². The van der Waals surface area contributed by atoms with Gasteiger partial charge >= 0.3 is 0 Å². The fourth-order valence-corrected chi connectivity index (χ4v) is 1.13. The fraction of sp³-hybridized carbons (Fsp3) is 0.111. The van der Waals surface area contributed by atoms with E-state index in [1.807, 2.05) is 0 Å². The van der Waals surface area contributed by atoms with Gasteiger partial charge in [-0.2, -0.15) is 0 Å². The van der Waals surface area contributed by atoms with Crippen LogP contribution in [0.5, 0.6) is 0 Å². The average Bonchev–Trinajstić information content (AvgIpc) is 2.30. The fourth-order valence-electron chi connectivity index (χ4n) is 1.13. The van der Waals surface area contributed by atoms with Gasteiger partial charge in [0.05, 0.1) is 11.7 Å². The standard InChI is InChI=1S/C9H9N5/c10-9(7-3-12-5-13-4-7)8-1-2-11-6-14-8/h1-6,9H,10H2. The minimum absolute atomic E-state index is 0.292. The smallest absolute Gasteiger partial charge is 0.115 e. The molecule has 0 amide bonds. The van der Waals surface area contributed by atoms with Crippen molar-refractivity contribution >= 4 is 0 Å². The van der Waals surface area contributed by atoms with E-state index in [4.69, 9.17) is 5.73 Å². The molecule has 2 aromatic rings. The number of hydrogen-bond acceptors (Lipinski definition) is 5. The predicted octanol–water partition coefficient (Wildman–Crippen LogP) is 0.315. The zero-order chi connectivity index (χ0) is 9.80. The number of nitrogens with zero attached hydrogens (tertiary/aromatic N) is 4. The van der Waals surface area contributed by atoms with Crippen molar-refractivity contribution in [3.8, 4) is 0 Å². The van der Waals surface area contributed by atoms with Crippen LogP contribution in [0.3, 0.4) is 0 Å². The summed E-state index contributed by atoms with van der Waals surface area (Å²) in [6.07, 6.45) is 7.96. The summed E-state index contributed by atoms with van der Waals surface area (Å²) >= 11 is 0. The number of aromatic nitrogens is 4. The van der Waals surface area contributed by atoms with Crippen molar-refractivity contribution < 1.29 is 0 Å². The van der Waals surface area contributed by atoms with Gasteiger partial charge < -0.3 is 5.73 Å². The van der Waals surface area contributed by atoms with Gasteiger partial charge in [0.2, 0.25) is 0 Å². The van der Waals surface area contributed by atoms with Crippen LogP contribution in [0.15, 0.2) is 37.3 Å². The van der Waals surface area contributed by atoms with E-state index in [-0.39, 0.29) is 6.04 Å². The molecule has 0 saturated carbocycles. The summed E-state index contributed by atoms with van der Waals surface area (Å²) in [4.78, 5) is 15.7. The molecule has 14 heavy (non-hydrogen) atoms. The van der Waals surface area contributed by atoms with Crippen molar-refractivity contribution in [3.05, 3.63) is 48.6 Å². The van der Waals surface area contributed by atoms with Crippen molar-refractivity contribution in [2.75, 3.05) is 0 Å². The summed E-state index contributed by atoms with van der Waals surface area (Å²) < 4.78 is 0. The number of rotatable bonds is 2. The lowest BCUT2D eigenvalue weighted by Crippen LogP contribution is -2.13. The van der Waals surface area contributed by atoms with Gasteiger partial charge in [0.15, 0.2) is 0 Å². The molecule has 0 aliphatic rings. The van der Waals surface area contributed by atoms with Gasteiger partial charge in [0, 0.05) is 24.2 Å². The minimum atomic E-state index is -0.292. The molecule has 0 bridgehead atoms. The Labute approximate surface area is 81.1 Å². The van der Waals surface area contributed by atoms with Crippen LogP contribution < -0.4 is 5.73 Å². The molecule has 0 fully saturated rings. The molecule has 1 atom stereocenters. The Bertz CT molecular complexity index is 349. The highest BCUT2D eigenvalue weighted by molar-refractivity contribution is 5.20. The third-order valence-electron chi connectivity index (χ3n) is 1.86. The number of hydrogen-bond donors (Lipinski definition) is 1. The van der Waals surface area contributed by atoms with Gasteiger partial charge in [-0.3, -0.25) is 0 Å². The number of nitrogens with two attached hydrogens (primary N) is 1. The highest BCUT2D eigenvalue weighted by Crippen LogP contribution is 2.13. The summed E-state index contributed by atoms with van der Waals surface area (Å²) in [7, 11) is 0. The monoisotopic (exact) mass is 187 g/mol. The second-order valence-electron chi connectivity index (χ2n) is 2.78. The molecular weight excluding hydrogens is 178 g/mol. The topological polar surface area (TPSA) is 77.6 Å². The average molecular weight is 187 g/mol. The van der Waals surface area contributed by atoms with Gasteiger partial charge in [-0.05, 0) is 6.07 Å². The molecule has 2 N–H and O–H groups in total. The molecule has 0 aliphatic carbocycles. The van der Waals surface area contributed by atoms with E-state index < -0.39 is 0 Å². The highest BCUT2D eigenvalue weighted by atomic mass is 14.9. The maximum Gasteiger partial charge on any atom is 0.115 e. The van der Waals surface area contributed by atoms with E-state index in [9.17, 15) is 0 Å². The van der Waals surface area contributed by atoms with Crippen molar-refractivity contribution in [2.24, 2.45) is 5.73 Å². The first-order valence-corrected chi connectivity index (χ1v) is 4.14. The Hall–Kier alpha value is -1.88. The maximum atomic E-state index is 5.95. The second-order valence-corrected chi connectivity index (χ2v) is 2.78. The Morgan fingerprint density at radius 2 is 1.86 bits per heavy atom. The summed E-state index contributed by atoms with van der Waals surface area (Å²) in [5, 5.41) is 0. The van der Waals surface area contributed by atoms with Crippen LogP contribution in [-0.2, 0) is 0 Å². The lowest BCUT2D eigenvalue weighted by Gasteiger charge is -2.08. The third kappa shape index (κ3) is 1.72. The van der Waals surface area contributed by atoms with Crippen LogP contribution >= 0.6 is 0 Å². The zero-order valence-corrected chi connectivity index (χ0v) is 7.41. The summed E-state index contributed by atoms with van der Waals surface area (Å²) in [5.41, 5.74) is 7.54. The molecule has 5 heteroatoms. The molecule has 5 nitrogen and oxygen atoms in total. The predicted molar refractivity (Wildman–Crippen MR) is 50.1 cm³/mol. The van der Waals surface area contributed by atoms with Crippen LogP contribution in [0.25, 0.3) is 0 Å². The van der Waals surface area contributed by atoms with Gasteiger partial charge in [-0.15, -0.1) is 0 Å². The van der Waals surface area contributed by atoms with Crippen LogP contribution in [0.4, 0.5) is 0 Å². The van der Waals surface area contributed by atoms with Crippen molar-refractivity contribution in [1.82, 2.24) is 19.9 Å². The largest absolute Gasteiger partial charge is 0.319 e. The zero-order valence-electron chi connectivity index (χ0n) is 7.41. The van der Waals surface area contributed by atoms with Gasteiger partial charge in [0.1, 0.15) is 12.7 Å². The molecular formula is C9H9N5. The van der Waals surface area contributed by atoms with Crippen molar-refractivity contribution in [1.29, 1.82) is 0 Å².